The van der Waals surface area contributed by atoms with Crippen LogP contribution in [0.1, 0.15) is 76.3 Å². The highest BCUT2D eigenvalue weighted by atomic mass is 35.7. The molecule has 288 valence electrons. The van der Waals surface area contributed by atoms with Crippen molar-refractivity contribution in [3.05, 3.63) is 59.7 Å². The molecule has 2 unspecified atom stereocenters. The lowest BCUT2D eigenvalue weighted by atomic mass is 9.90. The number of aliphatic hydroxyl groups excluding tert-OH is 2. The van der Waals surface area contributed by atoms with Gasteiger partial charge in [-0.15, -0.1) is 0 Å². The van der Waals surface area contributed by atoms with Crippen LogP contribution < -0.4 is 10.5 Å². The van der Waals surface area contributed by atoms with Gasteiger partial charge in [-0.1, -0.05) is 76.6 Å². The number of halogens is 1. The molecule has 13 heteroatoms. The zero-order chi connectivity index (χ0) is 37.5. The van der Waals surface area contributed by atoms with E-state index in [0.29, 0.717) is 29.4 Å². The average Bonchev–Trinajstić information content (AvgIpc) is 3.64. The highest BCUT2D eigenvalue weighted by molar-refractivity contribution is 8.13. The summed E-state index contributed by atoms with van der Waals surface area (Å²) < 4.78 is 44.3. The Kier molecular flexibility index (Phi) is 14.7. The number of nitrogens with two attached hydrogens (primary N) is 1. The van der Waals surface area contributed by atoms with Crippen molar-refractivity contribution in [2.24, 2.45) is 23.7 Å². The number of nitrogens with one attached hydrogen (secondary N) is 1. The molecule has 4 aliphatic rings. The van der Waals surface area contributed by atoms with E-state index < -0.39 is 19.1 Å². The Morgan fingerprint density at radius 2 is 1.14 bits per heavy atom. The van der Waals surface area contributed by atoms with Gasteiger partial charge in [0, 0.05) is 59.1 Å². The molecule has 0 radical (unpaired) electrons. The highest BCUT2D eigenvalue weighted by Gasteiger charge is 2.69. The molecule has 2 aromatic rings. The second-order valence-corrected chi connectivity index (χ2v) is 20.0. The second kappa shape index (κ2) is 17.9. The molecule has 51 heavy (non-hydrogen) atoms. The number of aliphatic hydroxyl groups is 2. The van der Waals surface area contributed by atoms with Gasteiger partial charge < -0.3 is 25.7 Å². The molecule has 0 amide bonds. The number of unbranched alkanes of at least 4 members (excludes halogenated alkanes) is 6. The fourth-order valence-corrected chi connectivity index (χ4v) is 9.50. The van der Waals surface area contributed by atoms with E-state index in [9.17, 15) is 27.0 Å². The Labute approximate surface area is 311 Å². The van der Waals surface area contributed by atoms with Crippen LogP contribution in [0.25, 0.3) is 0 Å². The maximum absolute atomic E-state index is 11.5. The van der Waals surface area contributed by atoms with Crippen molar-refractivity contribution in [3.8, 4) is 0 Å². The van der Waals surface area contributed by atoms with Crippen molar-refractivity contribution in [2.45, 2.75) is 76.0 Å². The van der Waals surface area contributed by atoms with Crippen LogP contribution in [0, 0.1) is 23.7 Å². The monoisotopic (exact) mass is 768 g/mol. The van der Waals surface area contributed by atoms with Crippen molar-refractivity contribution >= 4 is 41.1 Å². The van der Waals surface area contributed by atoms with Gasteiger partial charge in [-0.25, -0.2) is 16.8 Å². The van der Waals surface area contributed by atoms with E-state index in [1.807, 2.05) is 30.3 Å². The highest BCUT2D eigenvalue weighted by Crippen LogP contribution is 2.64. The molecular weight excluding hydrogens is 708 g/mol. The van der Waals surface area contributed by atoms with Crippen LogP contribution in [0.3, 0.4) is 0 Å². The fraction of sp³-hybridized carbons (Fsp3) is 0.684. The smallest absolute Gasteiger partial charge is 0.229 e. The molecule has 2 saturated carbocycles. The predicted molar refractivity (Wildman–Crippen MR) is 209 cm³/mol. The lowest BCUT2D eigenvalue weighted by Gasteiger charge is -2.26. The van der Waals surface area contributed by atoms with Crippen LogP contribution >= 0.6 is 10.7 Å². The lowest BCUT2D eigenvalue weighted by molar-refractivity contribution is 0.195. The molecule has 10 nitrogen and oxygen atoms in total. The van der Waals surface area contributed by atoms with Gasteiger partial charge >= 0.3 is 0 Å². The van der Waals surface area contributed by atoms with Crippen molar-refractivity contribution in [1.82, 2.24) is 9.80 Å². The number of sulfonamides is 1. The van der Waals surface area contributed by atoms with Gasteiger partial charge in [-0.2, -0.15) is 0 Å². The quantitative estimate of drug-likeness (QED) is 0.102. The van der Waals surface area contributed by atoms with Gasteiger partial charge in [-0.3, -0.25) is 4.72 Å². The van der Waals surface area contributed by atoms with E-state index in [4.69, 9.17) is 5.73 Å². The summed E-state index contributed by atoms with van der Waals surface area (Å²) in [6.45, 7) is 11.6. The molecule has 2 heterocycles. The maximum atomic E-state index is 11.5. The molecule has 2 aromatic carbocycles. The van der Waals surface area contributed by atoms with Crippen LogP contribution in [0.4, 0.5) is 11.4 Å². The molecule has 5 N–H and O–H groups in total. The summed E-state index contributed by atoms with van der Waals surface area (Å²) in [5.41, 5.74) is 9.41. The van der Waals surface area contributed by atoms with E-state index in [1.165, 1.54) is 63.5 Å². The summed E-state index contributed by atoms with van der Waals surface area (Å²) in [7, 11) is -1.98. The summed E-state index contributed by atoms with van der Waals surface area (Å²) >= 11 is 0. The van der Waals surface area contributed by atoms with E-state index in [-0.39, 0.29) is 24.0 Å². The van der Waals surface area contributed by atoms with E-state index in [2.05, 4.69) is 51.2 Å². The van der Waals surface area contributed by atoms with Gasteiger partial charge in [0.15, 0.2) is 0 Å². The molecule has 0 spiro atoms. The van der Waals surface area contributed by atoms with Gasteiger partial charge in [0.05, 0.1) is 25.7 Å². The number of nitrogens with zero attached hydrogens (tertiary/aromatic N) is 2. The van der Waals surface area contributed by atoms with Crippen molar-refractivity contribution in [3.63, 3.8) is 0 Å². The van der Waals surface area contributed by atoms with Crippen molar-refractivity contribution < 1.29 is 27.0 Å². The van der Waals surface area contributed by atoms with Crippen LogP contribution in [0.2, 0.25) is 0 Å². The third kappa shape index (κ3) is 10.8. The third-order valence-corrected chi connectivity index (χ3v) is 12.1. The summed E-state index contributed by atoms with van der Waals surface area (Å²) in [5, 5.41) is 20.1. The number of rotatable bonds is 16. The van der Waals surface area contributed by atoms with Crippen LogP contribution in [-0.4, -0.2) is 102 Å². The molecule has 0 bridgehead atoms. The number of piperidine rings is 2. The van der Waals surface area contributed by atoms with Crippen LogP contribution in [0.15, 0.2) is 48.5 Å². The Hall–Kier alpha value is -1.93. The van der Waals surface area contributed by atoms with Crippen molar-refractivity contribution in [1.29, 1.82) is 0 Å². The Balaban J connectivity index is 0.000000204. The number of likely N-dealkylation sites (tertiary alicyclic amines) is 2. The Bertz CT molecular complexity index is 1610. The zero-order valence-electron chi connectivity index (χ0n) is 30.9. The first-order valence-electron chi connectivity index (χ1n) is 18.6. The van der Waals surface area contributed by atoms with Crippen molar-refractivity contribution in [2.75, 3.05) is 75.4 Å². The number of nitrogen functional groups attached to an aromatic ring is 1. The van der Waals surface area contributed by atoms with Crippen LogP contribution in [-0.2, 0) is 29.9 Å². The molecule has 2 saturated heterocycles. The van der Waals surface area contributed by atoms with Gasteiger partial charge in [0.1, 0.15) is 0 Å². The lowest BCUT2D eigenvalue weighted by Crippen LogP contribution is -2.33. The Morgan fingerprint density at radius 1 is 0.725 bits per heavy atom. The minimum Gasteiger partial charge on any atom is -0.399 e. The zero-order valence-corrected chi connectivity index (χ0v) is 33.3. The molecule has 6 atom stereocenters. The number of hydrogen-bond donors (Lipinski definition) is 4. The summed E-state index contributed by atoms with van der Waals surface area (Å²) in [6, 6.07) is 15.7. The van der Waals surface area contributed by atoms with E-state index in [0.717, 1.165) is 56.5 Å². The first kappa shape index (κ1) is 41.8. The molecule has 6 rings (SSSR count). The summed E-state index contributed by atoms with van der Waals surface area (Å²) in [6.07, 6.45) is 12.5. The number of benzene rings is 2. The molecule has 4 fully saturated rings. The molecule has 2 aliphatic carbocycles. The summed E-state index contributed by atoms with van der Waals surface area (Å²) in [4.78, 5) is 5.11. The van der Waals surface area contributed by atoms with Gasteiger partial charge in [0.2, 0.25) is 19.1 Å². The van der Waals surface area contributed by atoms with E-state index >= 15 is 0 Å². The van der Waals surface area contributed by atoms with E-state index in [1.54, 1.807) is 6.07 Å². The normalized spacial score (nSPS) is 28.1. The minimum absolute atomic E-state index is 0.00466. The molecular formula is C38H61ClN4O6S2. The Morgan fingerprint density at radius 3 is 1.51 bits per heavy atom. The number of hydrogen-bond acceptors (Lipinski definition) is 9. The molecule has 0 aromatic heterocycles. The first-order chi connectivity index (χ1) is 24.1. The largest absolute Gasteiger partial charge is 0.399 e. The maximum Gasteiger partial charge on any atom is 0.229 e. The molecule has 2 aliphatic heterocycles. The third-order valence-electron chi connectivity index (χ3n) is 11.5. The summed E-state index contributed by atoms with van der Waals surface area (Å²) in [5.74, 6) is 2.21. The average molecular weight is 770 g/mol. The second-order valence-electron chi connectivity index (χ2n) is 15.2. The van der Waals surface area contributed by atoms with Gasteiger partial charge in [0.25, 0.3) is 0 Å². The number of fused-ring (bicyclic) bond motifs is 2. The minimum atomic E-state index is -3.29. The predicted octanol–water partition coefficient (Wildman–Crippen LogP) is 5.26. The SMILES string of the molecule is CCCCCCN1C[C@@H]2[C@H](C1)C2(CO)c1cccc(N)c1.CCCCCCN1C[C@@H]2[C@H](C1)C2(CO)c1cccc(NS(C)(=O)=O)c1.CS(=O)(=O)Cl. The topological polar surface area (TPSA) is 153 Å². The fourth-order valence-electron chi connectivity index (χ4n) is 8.94. The van der Waals surface area contributed by atoms with Crippen LogP contribution in [0.5, 0.6) is 0 Å². The first-order valence-corrected chi connectivity index (χ1v) is 23.2. The standard InChI is InChI=1S/C19H30N2O3S.C18H28N2O.CH3ClO2S/c1-3-4-5-6-10-21-12-17-18(13-21)19(17,14-22)15-8-7-9-16(11-15)20-25(2,23)24;1-2-3-4-5-9-20-11-16-17(12-20)18(16,13-21)14-7-6-8-15(19)10-14;1-5(2,3)4/h7-9,11,17-18,20,22H,3-6,10,12-14H2,1-2H3;6-8,10,16-17,21H,2-5,9,11-13,19H2,1H3;1H3/t17-,18+,19?;16-,17+,18?;. The number of anilines is 2. The van der Waals surface area contributed by atoms with Gasteiger partial charge in [-0.05, 0) is 85.0 Å².